The minimum atomic E-state index is -0.580. The molecule has 0 radical (unpaired) electrons. The molecule has 0 aromatic carbocycles. The van der Waals surface area contributed by atoms with E-state index in [4.69, 9.17) is 9.47 Å². The average molecular weight is 649 g/mol. The quantitative estimate of drug-likeness (QED) is 0.0448. The van der Waals surface area contributed by atoms with Crippen molar-refractivity contribution in [3.8, 4) is 0 Å². The van der Waals surface area contributed by atoms with E-state index in [1.807, 2.05) is 0 Å². The number of allylic oxidation sites excluding steroid dienone is 18. The second-order valence-corrected chi connectivity index (χ2v) is 11.5. The fourth-order valence-corrected chi connectivity index (χ4v) is 4.41. The highest BCUT2D eigenvalue weighted by atomic mass is 16.6. The van der Waals surface area contributed by atoms with Gasteiger partial charge in [-0.2, -0.15) is 0 Å². The van der Waals surface area contributed by atoms with Gasteiger partial charge in [0.25, 0.3) is 0 Å². The van der Waals surface area contributed by atoms with Crippen molar-refractivity contribution in [2.45, 2.75) is 136 Å². The van der Waals surface area contributed by atoms with Gasteiger partial charge in [-0.1, -0.05) is 142 Å². The van der Waals surface area contributed by atoms with Crippen LogP contribution in [0.4, 0.5) is 0 Å². The Bertz CT molecular complexity index is 945. The van der Waals surface area contributed by atoms with Gasteiger partial charge in [-0.25, -0.2) is 0 Å². The van der Waals surface area contributed by atoms with Gasteiger partial charge in [-0.3, -0.25) is 4.79 Å². The van der Waals surface area contributed by atoms with Gasteiger partial charge in [0.2, 0.25) is 0 Å². The summed E-state index contributed by atoms with van der Waals surface area (Å²) < 4.78 is 11.0. The summed E-state index contributed by atoms with van der Waals surface area (Å²) in [5.41, 5.74) is 0. The van der Waals surface area contributed by atoms with Gasteiger partial charge in [0, 0.05) is 13.0 Å². The van der Waals surface area contributed by atoms with Crippen LogP contribution in [0.2, 0.25) is 0 Å². The molecule has 0 heterocycles. The molecule has 0 bridgehead atoms. The van der Waals surface area contributed by atoms with Crippen LogP contribution in [0.25, 0.3) is 0 Å². The van der Waals surface area contributed by atoms with Gasteiger partial charge in [0.1, 0.15) is 6.10 Å². The third-order valence-electron chi connectivity index (χ3n) is 7.09. The lowest BCUT2D eigenvalue weighted by atomic mass is 10.1. The third kappa shape index (κ3) is 37.4. The van der Waals surface area contributed by atoms with E-state index in [-0.39, 0.29) is 19.2 Å². The monoisotopic (exact) mass is 649 g/mol. The van der Waals surface area contributed by atoms with Gasteiger partial charge >= 0.3 is 5.97 Å². The minimum absolute atomic E-state index is 0.210. The van der Waals surface area contributed by atoms with Gasteiger partial charge in [-0.05, 0) is 89.9 Å². The van der Waals surface area contributed by atoms with Crippen LogP contribution >= 0.6 is 0 Å². The van der Waals surface area contributed by atoms with Gasteiger partial charge in [0.05, 0.1) is 13.2 Å². The van der Waals surface area contributed by atoms with Crippen LogP contribution in [0.15, 0.2) is 109 Å². The van der Waals surface area contributed by atoms with Crippen molar-refractivity contribution in [2.24, 2.45) is 0 Å². The number of aliphatic hydroxyl groups is 1. The molecule has 0 rings (SSSR count). The highest BCUT2D eigenvalue weighted by molar-refractivity contribution is 5.69. The molecule has 1 N–H and O–H groups in total. The van der Waals surface area contributed by atoms with E-state index in [0.29, 0.717) is 13.0 Å². The number of esters is 1. The highest BCUT2D eigenvalue weighted by Gasteiger charge is 2.13. The molecule has 0 fully saturated rings. The van der Waals surface area contributed by atoms with Gasteiger partial charge in [-0.15, -0.1) is 0 Å². The molecule has 0 spiro atoms. The Morgan fingerprint density at radius 3 is 1.34 bits per heavy atom. The van der Waals surface area contributed by atoms with E-state index in [1.54, 1.807) is 0 Å². The number of aliphatic hydroxyl groups excluding tert-OH is 1. The Labute approximate surface area is 289 Å². The summed E-state index contributed by atoms with van der Waals surface area (Å²) >= 11 is 0. The number of carbonyl (C=O) groups is 1. The fraction of sp³-hybridized carbons (Fsp3) is 0.558. The maximum atomic E-state index is 12.2. The predicted octanol–water partition coefficient (Wildman–Crippen LogP) is 12.0. The van der Waals surface area contributed by atoms with Crippen molar-refractivity contribution in [1.29, 1.82) is 0 Å². The number of carbonyl (C=O) groups excluding carboxylic acids is 1. The lowest BCUT2D eigenvalue weighted by Crippen LogP contribution is -2.27. The van der Waals surface area contributed by atoms with Crippen LogP contribution in [0, 0.1) is 0 Å². The molecule has 4 heteroatoms. The smallest absolute Gasteiger partial charge is 0.306 e. The van der Waals surface area contributed by atoms with Crippen molar-refractivity contribution in [3.63, 3.8) is 0 Å². The molecule has 0 aliphatic rings. The average Bonchev–Trinajstić information content (AvgIpc) is 3.08. The Kier molecular flexibility index (Phi) is 36.8. The molecule has 0 aliphatic heterocycles. The molecule has 0 aliphatic carbocycles. The SMILES string of the molecule is CC/C=C\C/C=C\C/C=C\C/C=C\C/C=C\CCCCCCCC(=O)OC(CO)COCCC/C=C\C/C=C\C/C=C\C/C=C\CC. The maximum Gasteiger partial charge on any atom is 0.306 e. The van der Waals surface area contributed by atoms with Crippen LogP contribution in [0.3, 0.4) is 0 Å². The van der Waals surface area contributed by atoms with Crippen molar-refractivity contribution in [3.05, 3.63) is 109 Å². The highest BCUT2D eigenvalue weighted by Crippen LogP contribution is 2.09. The first-order chi connectivity index (χ1) is 23.2. The van der Waals surface area contributed by atoms with Gasteiger partial charge < -0.3 is 14.6 Å². The number of hydrogen-bond acceptors (Lipinski definition) is 4. The van der Waals surface area contributed by atoms with Crippen molar-refractivity contribution >= 4 is 5.97 Å². The largest absolute Gasteiger partial charge is 0.457 e. The van der Waals surface area contributed by atoms with Crippen molar-refractivity contribution in [2.75, 3.05) is 19.8 Å². The number of ether oxygens (including phenoxy) is 2. The van der Waals surface area contributed by atoms with Crippen molar-refractivity contribution < 1.29 is 19.4 Å². The lowest BCUT2D eigenvalue weighted by molar-refractivity contribution is -0.154. The summed E-state index contributed by atoms with van der Waals surface area (Å²) in [6.45, 7) is 4.93. The van der Waals surface area contributed by atoms with E-state index < -0.39 is 6.10 Å². The molecule has 1 atom stereocenters. The molecule has 0 saturated carbocycles. The van der Waals surface area contributed by atoms with Crippen LogP contribution < -0.4 is 0 Å². The first-order valence-electron chi connectivity index (χ1n) is 18.5. The van der Waals surface area contributed by atoms with E-state index in [1.165, 1.54) is 12.8 Å². The topological polar surface area (TPSA) is 55.8 Å². The second kappa shape index (κ2) is 39.2. The Balaban J connectivity index is 3.64. The third-order valence-corrected chi connectivity index (χ3v) is 7.09. The van der Waals surface area contributed by atoms with Gasteiger partial charge in [0.15, 0.2) is 0 Å². The Morgan fingerprint density at radius 2 is 0.894 bits per heavy atom. The summed E-state index contributed by atoms with van der Waals surface area (Å²) in [6, 6.07) is 0. The second-order valence-electron chi connectivity index (χ2n) is 11.5. The summed E-state index contributed by atoms with van der Waals surface area (Å²) in [7, 11) is 0. The number of unbranched alkanes of at least 4 members (excludes halogenated alkanes) is 6. The standard InChI is InChI=1S/C43H68O4/c1-3-5-7-9-11-13-15-17-19-20-21-22-23-24-25-26-28-30-32-34-36-38-43(45)47-42(40-44)41-46-39-37-35-33-31-29-27-18-16-14-12-10-8-6-4-2/h5-8,11-14,17-19,21-22,24-25,27,31,33,42,44H,3-4,9-10,15-16,20,23,26,28-30,32,34-41H2,1-2H3/b7-5-,8-6-,13-11-,14-12-,19-17-,22-21-,25-24-,27-18-,33-31-. The first kappa shape index (κ1) is 44.1. The molecule has 0 saturated heterocycles. The van der Waals surface area contributed by atoms with E-state index in [2.05, 4.69) is 123 Å². The predicted molar refractivity (Wildman–Crippen MR) is 204 cm³/mol. The first-order valence-corrected chi connectivity index (χ1v) is 18.5. The van der Waals surface area contributed by atoms with E-state index in [9.17, 15) is 9.90 Å². The Morgan fingerprint density at radius 1 is 0.511 bits per heavy atom. The summed E-state index contributed by atoms with van der Waals surface area (Å²) in [5.74, 6) is -0.244. The Hall–Kier alpha value is -2.95. The molecule has 1 unspecified atom stereocenters. The molecule has 0 aromatic rings. The molecule has 0 amide bonds. The fourth-order valence-electron chi connectivity index (χ4n) is 4.41. The zero-order chi connectivity index (χ0) is 34.1. The summed E-state index contributed by atoms with van der Waals surface area (Å²) in [6.07, 6.45) is 57.1. The summed E-state index contributed by atoms with van der Waals surface area (Å²) in [4.78, 5) is 12.2. The molecule has 4 nitrogen and oxygen atoms in total. The molecule has 0 aromatic heterocycles. The van der Waals surface area contributed by atoms with Crippen LogP contribution in [0.1, 0.15) is 129 Å². The molecular weight excluding hydrogens is 580 g/mol. The minimum Gasteiger partial charge on any atom is -0.457 e. The molecule has 47 heavy (non-hydrogen) atoms. The zero-order valence-electron chi connectivity index (χ0n) is 30.0. The number of rotatable bonds is 32. The van der Waals surface area contributed by atoms with E-state index >= 15 is 0 Å². The zero-order valence-corrected chi connectivity index (χ0v) is 30.0. The van der Waals surface area contributed by atoms with E-state index in [0.717, 1.165) is 96.3 Å². The summed E-state index contributed by atoms with van der Waals surface area (Å²) in [5, 5.41) is 9.55. The van der Waals surface area contributed by atoms with Crippen LogP contribution in [0.5, 0.6) is 0 Å². The van der Waals surface area contributed by atoms with Crippen LogP contribution in [-0.2, 0) is 14.3 Å². The van der Waals surface area contributed by atoms with Crippen LogP contribution in [-0.4, -0.2) is 37.0 Å². The molecule has 264 valence electrons. The normalized spacial score (nSPS) is 13.7. The molecular formula is C43H68O4. The maximum absolute atomic E-state index is 12.2. The van der Waals surface area contributed by atoms with Crippen molar-refractivity contribution in [1.82, 2.24) is 0 Å². The number of hydrogen-bond donors (Lipinski definition) is 1. The lowest BCUT2D eigenvalue weighted by Gasteiger charge is -2.15.